The summed E-state index contributed by atoms with van der Waals surface area (Å²) < 4.78 is 15.3. The molecule has 0 N–H and O–H groups in total. The zero-order valence-electron chi connectivity index (χ0n) is 12.4. The molecule has 0 aromatic heterocycles. The van der Waals surface area contributed by atoms with Crippen LogP contribution < -0.4 is 0 Å². The Labute approximate surface area is 118 Å². The summed E-state index contributed by atoms with van der Waals surface area (Å²) in [6.45, 7) is 4.83. The molecule has 0 radical (unpaired) electrons. The van der Waals surface area contributed by atoms with E-state index in [1.54, 1.807) is 0 Å². The SMILES string of the molecule is COC(=O)C1(C(=O)OC)CC2=C(COCC2)C1=C(C)C. The van der Waals surface area contributed by atoms with E-state index in [-0.39, 0.29) is 0 Å². The minimum Gasteiger partial charge on any atom is -0.468 e. The number of methoxy groups -OCH3 is 2. The molecule has 0 saturated heterocycles. The van der Waals surface area contributed by atoms with E-state index in [2.05, 4.69) is 0 Å². The third kappa shape index (κ3) is 1.97. The molecule has 1 aliphatic heterocycles. The second kappa shape index (κ2) is 5.40. The average molecular weight is 280 g/mol. The number of rotatable bonds is 2. The third-order valence-electron chi connectivity index (χ3n) is 4.00. The van der Waals surface area contributed by atoms with Crippen molar-refractivity contribution in [3.8, 4) is 0 Å². The van der Waals surface area contributed by atoms with Crippen LogP contribution in [0.15, 0.2) is 22.3 Å². The number of carbonyl (C=O) groups is 2. The van der Waals surface area contributed by atoms with E-state index < -0.39 is 17.4 Å². The molecule has 0 aromatic rings. The molecule has 5 heteroatoms. The topological polar surface area (TPSA) is 61.8 Å². The van der Waals surface area contributed by atoms with Crippen LogP contribution in [0.1, 0.15) is 26.7 Å². The van der Waals surface area contributed by atoms with Crippen molar-refractivity contribution in [2.45, 2.75) is 26.7 Å². The molecule has 5 nitrogen and oxygen atoms in total. The molecule has 0 unspecified atom stereocenters. The molecule has 0 amide bonds. The van der Waals surface area contributed by atoms with Crippen molar-refractivity contribution in [1.82, 2.24) is 0 Å². The summed E-state index contributed by atoms with van der Waals surface area (Å²) in [6.07, 6.45) is 1.08. The van der Waals surface area contributed by atoms with E-state index in [1.807, 2.05) is 13.8 Å². The van der Waals surface area contributed by atoms with Gasteiger partial charge in [0.2, 0.25) is 0 Å². The van der Waals surface area contributed by atoms with Crippen molar-refractivity contribution >= 4 is 11.9 Å². The monoisotopic (exact) mass is 280 g/mol. The maximum atomic E-state index is 12.4. The molecule has 0 bridgehead atoms. The highest BCUT2D eigenvalue weighted by Gasteiger charge is 2.57. The van der Waals surface area contributed by atoms with Crippen LogP contribution in [0.3, 0.4) is 0 Å². The lowest BCUT2D eigenvalue weighted by Gasteiger charge is -2.27. The predicted molar refractivity (Wildman–Crippen MR) is 71.9 cm³/mol. The van der Waals surface area contributed by atoms with Gasteiger partial charge < -0.3 is 14.2 Å². The molecule has 0 spiro atoms. The van der Waals surface area contributed by atoms with E-state index in [4.69, 9.17) is 14.2 Å². The smallest absolute Gasteiger partial charge is 0.328 e. The number of hydrogen-bond donors (Lipinski definition) is 0. The summed E-state index contributed by atoms with van der Waals surface area (Å²) in [4.78, 5) is 24.7. The molecule has 1 heterocycles. The van der Waals surface area contributed by atoms with Crippen LogP contribution in [0.2, 0.25) is 0 Å². The Morgan fingerprint density at radius 2 is 1.75 bits per heavy atom. The van der Waals surface area contributed by atoms with Gasteiger partial charge in [-0.1, -0.05) is 11.1 Å². The van der Waals surface area contributed by atoms with Crippen LogP contribution in [0.5, 0.6) is 0 Å². The molecule has 0 aromatic carbocycles. The van der Waals surface area contributed by atoms with E-state index >= 15 is 0 Å². The Morgan fingerprint density at radius 1 is 1.15 bits per heavy atom. The lowest BCUT2D eigenvalue weighted by atomic mass is 9.77. The lowest BCUT2D eigenvalue weighted by Crippen LogP contribution is -2.41. The maximum Gasteiger partial charge on any atom is 0.328 e. The molecule has 0 saturated carbocycles. The largest absolute Gasteiger partial charge is 0.468 e. The lowest BCUT2D eigenvalue weighted by molar-refractivity contribution is -0.165. The highest BCUT2D eigenvalue weighted by molar-refractivity contribution is 6.06. The first kappa shape index (κ1) is 14.8. The number of esters is 2. The summed E-state index contributed by atoms with van der Waals surface area (Å²) in [6, 6.07) is 0. The van der Waals surface area contributed by atoms with Gasteiger partial charge in [0.25, 0.3) is 0 Å². The molecule has 2 rings (SSSR count). The molecular weight excluding hydrogens is 260 g/mol. The standard InChI is InChI=1S/C15H20O5/c1-9(2)12-11-8-20-6-5-10(11)7-15(12,13(16)18-3)14(17)19-4/h5-8H2,1-4H3. The quantitative estimate of drug-likeness (QED) is 0.570. The van der Waals surface area contributed by atoms with Gasteiger partial charge in [-0.25, -0.2) is 0 Å². The van der Waals surface area contributed by atoms with E-state index in [9.17, 15) is 9.59 Å². The van der Waals surface area contributed by atoms with E-state index in [1.165, 1.54) is 14.2 Å². The summed E-state index contributed by atoms with van der Waals surface area (Å²) in [5.41, 5.74) is 2.33. The Hall–Kier alpha value is -1.62. The Morgan fingerprint density at radius 3 is 2.25 bits per heavy atom. The number of carbonyl (C=O) groups excluding carboxylic acids is 2. The van der Waals surface area contributed by atoms with Crippen LogP contribution >= 0.6 is 0 Å². The zero-order valence-corrected chi connectivity index (χ0v) is 12.4. The van der Waals surface area contributed by atoms with Crippen molar-refractivity contribution in [1.29, 1.82) is 0 Å². The van der Waals surface area contributed by atoms with Crippen molar-refractivity contribution in [2.24, 2.45) is 5.41 Å². The first-order valence-corrected chi connectivity index (χ1v) is 6.62. The van der Waals surface area contributed by atoms with Gasteiger partial charge in [0.1, 0.15) is 0 Å². The van der Waals surface area contributed by atoms with E-state index in [0.717, 1.165) is 23.1 Å². The number of allylic oxidation sites excluding steroid dienone is 1. The summed E-state index contributed by atoms with van der Waals surface area (Å²) >= 11 is 0. The van der Waals surface area contributed by atoms with Crippen LogP contribution in [0.25, 0.3) is 0 Å². The number of ether oxygens (including phenoxy) is 3. The van der Waals surface area contributed by atoms with Gasteiger partial charge >= 0.3 is 11.9 Å². The molecule has 2 aliphatic rings. The molecule has 0 atom stereocenters. The van der Waals surface area contributed by atoms with Crippen LogP contribution in [-0.2, 0) is 23.8 Å². The zero-order chi connectivity index (χ0) is 14.9. The average Bonchev–Trinajstić information content (AvgIpc) is 2.81. The molecular formula is C15H20O5. The minimum atomic E-state index is -1.36. The minimum absolute atomic E-state index is 0.339. The fourth-order valence-electron chi connectivity index (χ4n) is 3.24. The van der Waals surface area contributed by atoms with Gasteiger partial charge in [0.15, 0.2) is 5.41 Å². The Bertz CT molecular complexity index is 492. The highest BCUT2D eigenvalue weighted by atomic mass is 16.5. The highest BCUT2D eigenvalue weighted by Crippen LogP contribution is 2.51. The summed E-state index contributed by atoms with van der Waals surface area (Å²) in [5.74, 6) is -1.12. The van der Waals surface area contributed by atoms with Crippen molar-refractivity contribution < 1.29 is 23.8 Å². The Kier molecular flexibility index (Phi) is 3.99. The second-order valence-corrected chi connectivity index (χ2v) is 5.32. The van der Waals surface area contributed by atoms with Gasteiger partial charge in [-0.15, -0.1) is 0 Å². The maximum absolute atomic E-state index is 12.4. The third-order valence-corrected chi connectivity index (χ3v) is 4.00. The molecule has 110 valence electrons. The van der Waals surface area contributed by atoms with Crippen molar-refractivity contribution in [3.05, 3.63) is 22.3 Å². The van der Waals surface area contributed by atoms with Gasteiger partial charge in [-0.2, -0.15) is 0 Å². The first-order chi connectivity index (χ1) is 9.48. The normalized spacial score (nSPS) is 20.5. The summed E-state index contributed by atoms with van der Waals surface area (Å²) in [5, 5.41) is 0. The summed E-state index contributed by atoms with van der Waals surface area (Å²) in [7, 11) is 2.59. The van der Waals surface area contributed by atoms with Gasteiger partial charge in [-0.05, 0) is 31.4 Å². The van der Waals surface area contributed by atoms with Gasteiger partial charge in [-0.3, -0.25) is 9.59 Å². The van der Waals surface area contributed by atoms with Crippen LogP contribution in [-0.4, -0.2) is 39.4 Å². The van der Waals surface area contributed by atoms with Gasteiger partial charge in [0.05, 0.1) is 27.4 Å². The van der Waals surface area contributed by atoms with Crippen LogP contribution in [0.4, 0.5) is 0 Å². The van der Waals surface area contributed by atoms with E-state index in [0.29, 0.717) is 25.2 Å². The Balaban J connectivity index is 2.62. The molecule has 1 aliphatic carbocycles. The number of hydrogen-bond acceptors (Lipinski definition) is 5. The van der Waals surface area contributed by atoms with Crippen LogP contribution in [0, 0.1) is 5.41 Å². The van der Waals surface area contributed by atoms with Crippen molar-refractivity contribution in [2.75, 3.05) is 27.4 Å². The van der Waals surface area contributed by atoms with Crippen molar-refractivity contribution in [3.63, 3.8) is 0 Å². The fraction of sp³-hybridized carbons (Fsp3) is 0.600. The molecule has 20 heavy (non-hydrogen) atoms. The predicted octanol–water partition coefficient (Wildman–Crippen LogP) is 1.78. The van der Waals surface area contributed by atoms with Gasteiger partial charge in [0, 0.05) is 6.42 Å². The molecule has 0 fully saturated rings. The first-order valence-electron chi connectivity index (χ1n) is 6.62. The second-order valence-electron chi connectivity index (χ2n) is 5.32. The fourth-order valence-corrected chi connectivity index (χ4v) is 3.24.